The van der Waals surface area contributed by atoms with Crippen molar-refractivity contribution < 1.29 is 20.2 Å². The highest BCUT2D eigenvalue weighted by Crippen LogP contribution is 2.35. The number of nitro groups is 1. The van der Waals surface area contributed by atoms with Crippen LogP contribution in [-0.2, 0) is 26.1 Å². The summed E-state index contributed by atoms with van der Waals surface area (Å²) >= 11 is 0. The number of aryl methyl sites for hydroxylation is 2. The van der Waals surface area contributed by atoms with E-state index in [1.165, 1.54) is 12.3 Å². The molecule has 0 radical (unpaired) electrons. The molecule has 0 fully saturated rings. The van der Waals surface area contributed by atoms with Crippen molar-refractivity contribution in [3.8, 4) is 5.75 Å². The summed E-state index contributed by atoms with van der Waals surface area (Å²) in [6.45, 7) is -0.273. The molecule has 7 heteroatoms. The molecule has 0 aliphatic carbocycles. The lowest BCUT2D eigenvalue weighted by Gasteiger charge is -2.10. The average molecular weight is 368 g/mol. The smallest absolute Gasteiger partial charge is 0.279 e. The van der Waals surface area contributed by atoms with E-state index in [1.54, 1.807) is 18.2 Å². The van der Waals surface area contributed by atoms with Crippen molar-refractivity contribution in [2.45, 2.75) is 32.5 Å². The van der Waals surface area contributed by atoms with Gasteiger partial charge in [0.2, 0.25) is 0 Å². The molecule has 0 spiro atoms. The van der Waals surface area contributed by atoms with Crippen molar-refractivity contribution in [3.63, 3.8) is 0 Å². The van der Waals surface area contributed by atoms with Crippen molar-refractivity contribution in [2.24, 2.45) is 0 Å². The van der Waals surface area contributed by atoms with Crippen LogP contribution in [-0.4, -0.2) is 25.2 Å². The normalized spacial score (nSPS) is 11.0. The molecule has 27 heavy (non-hydrogen) atoms. The molecule has 0 aliphatic heterocycles. The molecule has 7 nitrogen and oxygen atoms in total. The van der Waals surface area contributed by atoms with E-state index in [2.05, 4.69) is 4.98 Å². The highest BCUT2D eigenvalue weighted by Gasteiger charge is 2.19. The molecule has 3 rings (SSSR count). The predicted molar refractivity (Wildman–Crippen MR) is 100 cm³/mol. The summed E-state index contributed by atoms with van der Waals surface area (Å²) in [5.74, 6) is -0.0251. The largest absolute Gasteiger partial charge is 0.505 e. The number of hydrogen-bond acceptors (Lipinski definition) is 6. The monoisotopic (exact) mass is 368 g/mol. The third-order valence-corrected chi connectivity index (χ3v) is 4.64. The van der Waals surface area contributed by atoms with Crippen molar-refractivity contribution in [1.29, 1.82) is 0 Å². The van der Waals surface area contributed by atoms with Crippen molar-refractivity contribution in [3.05, 3.63) is 75.0 Å². The molecule has 1 heterocycles. The number of hydrogen-bond donors (Lipinski definition) is 3. The van der Waals surface area contributed by atoms with Gasteiger partial charge in [-0.2, -0.15) is 0 Å². The molecule has 0 amide bonds. The minimum Gasteiger partial charge on any atom is -0.505 e. The van der Waals surface area contributed by atoms with Crippen LogP contribution in [0.4, 0.5) is 5.69 Å². The van der Waals surface area contributed by atoms with Gasteiger partial charge in [-0.15, -0.1) is 0 Å². The summed E-state index contributed by atoms with van der Waals surface area (Å²) in [6, 6.07) is 10.1. The van der Waals surface area contributed by atoms with Gasteiger partial charge in [0, 0.05) is 17.8 Å². The summed E-state index contributed by atoms with van der Waals surface area (Å²) in [6.07, 6.45) is 3.28. The first-order valence-electron chi connectivity index (χ1n) is 8.61. The second kappa shape index (κ2) is 8.11. The second-order valence-electron chi connectivity index (χ2n) is 6.33. The van der Waals surface area contributed by atoms with Crippen LogP contribution in [0.1, 0.15) is 28.7 Å². The van der Waals surface area contributed by atoms with E-state index in [4.69, 9.17) is 0 Å². The molecule has 0 saturated carbocycles. The quantitative estimate of drug-likeness (QED) is 0.436. The Hall–Kier alpha value is -3.03. The average Bonchev–Trinajstić information content (AvgIpc) is 2.69. The number of aromatic hydroxyl groups is 1. The lowest BCUT2D eigenvalue weighted by atomic mass is 9.98. The molecule has 0 bridgehead atoms. The number of pyridine rings is 1. The first-order valence-corrected chi connectivity index (χ1v) is 8.61. The number of fused-ring (bicyclic) bond motifs is 1. The Labute approximate surface area is 155 Å². The van der Waals surface area contributed by atoms with Crippen molar-refractivity contribution in [2.75, 3.05) is 0 Å². The standard InChI is InChI=1S/C20H20N2O5/c23-11-15-7-6-13(9-16(15)12-24)3-1-4-14-10-18(22(26)27)17-5-2-8-21-19(17)20(14)25/h2,5-10,23-25H,1,3-4,11-12H2. The van der Waals surface area contributed by atoms with Gasteiger partial charge in [-0.1, -0.05) is 18.2 Å². The zero-order valence-corrected chi connectivity index (χ0v) is 14.6. The number of aromatic nitrogens is 1. The number of nitro benzene ring substituents is 1. The number of benzene rings is 2. The van der Waals surface area contributed by atoms with Gasteiger partial charge in [-0.05, 0) is 48.1 Å². The Balaban J connectivity index is 1.81. The Bertz CT molecular complexity index is 988. The number of phenols is 1. The Morgan fingerprint density at radius 3 is 2.48 bits per heavy atom. The van der Waals surface area contributed by atoms with Crippen molar-refractivity contribution in [1.82, 2.24) is 4.98 Å². The topological polar surface area (TPSA) is 117 Å². The van der Waals surface area contributed by atoms with Crippen LogP contribution in [0.15, 0.2) is 42.6 Å². The van der Waals surface area contributed by atoms with Gasteiger partial charge in [0.25, 0.3) is 5.69 Å². The van der Waals surface area contributed by atoms with E-state index in [9.17, 15) is 25.4 Å². The molecular weight excluding hydrogens is 348 g/mol. The summed E-state index contributed by atoms with van der Waals surface area (Å²) in [5.41, 5.74) is 3.02. The molecule has 0 aliphatic rings. The zero-order valence-electron chi connectivity index (χ0n) is 14.6. The van der Waals surface area contributed by atoms with E-state index in [1.807, 2.05) is 12.1 Å². The molecule has 1 aromatic heterocycles. The van der Waals surface area contributed by atoms with Crippen LogP contribution < -0.4 is 0 Å². The molecule has 0 saturated heterocycles. The van der Waals surface area contributed by atoms with Gasteiger partial charge in [-0.3, -0.25) is 15.1 Å². The first-order chi connectivity index (χ1) is 13.0. The van der Waals surface area contributed by atoms with E-state index < -0.39 is 4.92 Å². The number of phenolic OH excluding ortho intramolecular Hbond substituents is 1. The molecule has 2 aromatic carbocycles. The number of rotatable bonds is 7. The van der Waals surface area contributed by atoms with Crippen LogP contribution in [0.3, 0.4) is 0 Å². The number of aliphatic hydroxyl groups excluding tert-OH is 2. The zero-order chi connectivity index (χ0) is 19.4. The summed E-state index contributed by atoms with van der Waals surface area (Å²) < 4.78 is 0. The minimum atomic E-state index is -0.464. The molecule has 0 unspecified atom stereocenters. The molecule has 3 N–H and O–H groups in total. The van der Waals surface area contributed by atoms with Crippen LogP contribution in [0, 0.1) is 10.1 Å². The lowest BCUT2D eigenvalue weighted by molar-refractivity contribution is -0.383. The summed E-state index contributed by atoms with van der Waals surface area (Å²) in [5, 5.41) is 40.8. The predicted octanol–water partition coefficient (Wildman–Crippen LogP) is 3.01. The first kappa shape index (κ1) is 18.8. The van der Waals surface area contributed by atoms with Crippen LogP contribution in [0.5, 0.6) is 5.75 Å². The van der Waals surface area contributed by atoms with E-state index in [0.717, 1.165) is 5.56 Å². The fourth-order valence-corrected chi connectivity index (χ4v) is 3.22. The van der Waals surface area contributed by atoms with Gasteiger partial charge >= 0.3 is 0 Å². The van der Waals surface area contributed by atoms with Gasteiger partial charge in [-0.25, -0.2) is 0 Å². The Kier molecular flexibility index (Phi) is 5.63. The third kappa shape index (κ3) is 3.89. The molecular formula is C20H20N2O5. The van der Waals surface area contributed by atoms with Crippen molar-refractivity contribution >= 4 is 16.6 Å². The van der Waals surface area contributed by atoms with E-state index in [0.29, 0.717) is 41.3 Å². The SMILES string of the molecule is O=[N+]([O-])c1cc(CCCc2ccc(CO)c(CO)c2)c(O)c2ncccc12. The van der Waals surface area contributed by atoms with Gasteiger partial charge in [0.05, 0.1) is 23.5 Å². The molecule has 140 valence electrons. The van der Waals surface area contributed by atoms with Gasteiger partial charge < -0.3 is 15.3 Å². The van der Waals surface area contributed by atoms with Crippen LogP contribution in [0.2, 0.25) is 0 Å². The second-order valence-corrected chi connectivity index (χ2v) is 6.33. The van der Waals surface area contributed by atoms with Crippen LogP contribution >= 0.6 is 0 Å². The maximum atomic E-state index is 11.4. The Morgan fingerprint density at radius 2 is 1.78 bits per heavy atom. The molecule has 0 atom stereocenters. The van der Waals surface area contributed by atoms with E-state index in [-0.39, 0.29) is 30.2 Å². The summed E-state index contributed by atoms with van der Waals surface area (Å²) in [7, 11) is 0. The number of non-ortho nitro benzene ring substituents is 1. The van der Waals surface area contributed by atoms with Gasteiger partial charge in [0.15, 0.2) is 0 Å². The summed E-state index contributed by atoms with van der Waals surface area (Å²) in [4.78, 5) is 15.0. The number of aliphatic hydroxyl groups is 2. The third-order valence-electron chi connectivity index (χ3n) is 4.64. The molecule has 3 aromatic rings. The van der Waals surface area contributed by atoms with Gasteiger partial charge in [0.1, 0.15) is 11.3 Å². The minimum absolute atomic E-state index is 0.0251. The number of nitrogens with zero attached hydrogens (tertiary/aromatic N) is 2. The fraction of sp³-hybridized carbons (Fsp3) is 0.250. The maximum Gasteiger partial charge on any atom is 0.279 e. The fourth-order valence-electron chi connectivity index (χ4n) is 3.22. The highest BCUT2D eigenvalue weighted by atomic mass is 16.6. The van der Waals surface area contributed by atoms with E-state index >= 15 is 0 Å². The Morgan fingerprint density at radius 1 is 1.00 bits per heavy atom. The highest BCUT2D eigenvalue weighted by molar-refractivity contribution is 5.93. The lowest BCUT2D eigenvalue weighted by Crippen LogP contribution is -1.98. The maximum absolute atomic E-state index is 11.4. The van der Waals surface area contributed by atoms with Crippen LogP contribution in [0.25, 0.3) is 10.9 Å².